The molecule has 3 aromatic heterocycles. The molecule has 0 radical (unpaired) electrons. The summed E-state index contributed by atoms with van der Waals surface area (Å²) < 4.78 is 19.9. The molecule has 24 rings (SSSR count). The third kappa shape index (κ3) is 11.4. The van der Waals surface area contributed by atoms with Gasteiger partial charge >= 0.3 is 0 Å². The Hall–Kier alpha value is -16.1. The minimum Gasteiger partial charge on any atom is -0.456 e. The molecule has 0 amide bonds. The number of hydrogen-bond acceptors (Lipinski definition) is 5. The molecular formula is C117H74N2O3. The van der Waals surface area contributed by atoms with Crippen molar-refractivity contribution in [3.8, 4) is 89.0 Å². The van der Waals surface area contributed by atoms with E-state index >= 15 is 0 Å². The van der Waals surface area contributed by atoms with Crippen LogP contribution in [0.2, 0.25) is 0 Å². The Morgan fingerprint density at radius 1 is 0.172 bits per heavy atom. The molecule has 0 atom stereocenters. The number of rotatable bonds is 15. The maximum Gasteiger partial charge on any atom is 0.136 e. The van der Waals surface area contributed by atoms with Gasteiger partial charge in [0.25, 0.3) is 0 Å². The Morgan fingerprint density at radius 2 is 0.533 bits per heavy atom. The average molecular weight is 1560 g/mol. The second-order valence-electron chi connectivity index (χ2n) is 32.0. The summed E-state index contributed by atoms with van der Waals surface area (Å²) in [6, 6.07) is 164. The topological polar surface area (TPSA) is 45.9 Å². The Labute approximate surface area is 705 Å². The quantitative estimate of drug-likeness (QED) is 0.102. The van der Waals surface area contributed by atoms with Crippen LogP contribution in [0.15, 0.2) is 462 Å². The van der Waals surface area contributed by atoms with Gasteiger partial charge in [0.05, 0.1) is 16.8 Å². The van der Waals surface area contributed by atoms with Crippen LogP contribution in [0.25, 0.3) is 176 Å². The summed E-state index contributed by atoms with van der Waals surface area (Å²) >= 11 is 0. The monoisotopic (exact) mass is 1550 g/mol. The molecule has 0 aliphatic heterocycles. The van der Waals surface area contributed by atoms with E-state index in [9.17, 15) is 0 Å². The Kier molecular flexibility index (Phi) is 16.5. The molecule has 20 aromatic carbocycles. The van der Waals surface area contributed by atoms with Gasteiger partial charge in [-0.1, -0.05) is 334 Å². The molecule has 570 valence electrons. The van der Waals surface area contributed by atoms with E-state index in [0.29, 0.717) is 0 Å². The van der Waals surface area contributed by atoms with Crippen molar-refractivity contribution < 1.29 is 13.3 Å². The normalized spacial score (nSPS) is 12.3. The fraction of sp³-hybridized carbons (Fsp3) is 0.00855. The van der Waals surface area contributed by atoms with Gasteiger partial charge in [-0.15, -0.1) is 0 Å². The number of para-hydroxylation sites is 4. The smallest absolute Gasteiger partial charge is 0.136 e. The summed E-state index contributed by atoms with van der Waals surface area (Å²) in [5.74, 6) is 0. The molecule has 0 fully saturated rings. The number of furan rings is 3. The third-order valence-electron chi connectivity index (χ3n) is 25.4. The maximum absolute atomic E-state index is 7.05. The predicted octanol–water partition coefficient (Wildman–Crippen LogP) is 32.7. The van der Waals surface area contributed by atoms with E-state index in [4.69, 9.17) is 13.3 Å². The van der Waals surface area contributed by atoms with Crippen molar-refractivity contribution in [1.82, 2.24) is 0 Å². The standard InChI is InChI=1S/C117H74N2O3/c1-3-26-83(27-4-1)117(84-28-5-2-6-29-84)105-43-14-9-31-95(105)96-69-58-81(73-106(96)117)76-52-63-86(64-53-76)119(107-44-15-10-32-97(107)100-41-22-48-112-115(100)102-35-13-18-47-110(102)121-112)88-67-56-79(57-68-88)91-37-20-40-94-92(38-21-39-93(91)94)82-59-70-103-114(74-82)122-113-49-23-42-101(116(103)113)98-33-11-16-45-108(98)118(87-65-54-78(55-66-87)90-36-19-25-77-24-7-8-30-89(77)90)85-61-50-75(51-62-85)80-60-71-111-104(72-80)99-34-12-17-46-109(99)120-111/h1-74H. The zero-order valence-electron chi connectivity index (χ0n) is 66.3. The van der Waals surface area contributed by atoms with Crippen molar-refractivity contribution in [2.24, 2.45) is 0 Å². The fourth-order valence-corrected chi connectivity index (χ4v) is 19.9. The Morgan fingerprint density at radius 3 is 1.13 bits per heavy atom. The molecule has 1 aliphatic carbocycles. The van der Waals surface area contributed by atoms with E-state index in [0.717, 1.165) is 183 Å². The molecule has 5 nitrogen and oxygen atoms in total. The van der Waals surface area contributed by atoms with Crippen molar-refractivity contribution in [1.29, 1.82) is 0 Å². The van der Waals surface area contributed by atoms with Crippen molar-refractivity contribution >= 4 is 121 Å². The molecular weight excluding hydrogens is 1480 g/mol. The predicted molar refractivity (Wildman–Crippen MR) is 508 cm³/mol. The van der Waals surface area contributed by atoms with Crippen LogP contribution in [0.1, 0.15) is 22.3 Å². The van der Waals surface area contributed by atoms with Gasteiger partial charge in [0.1, 0.15) is 33.5 Å². The fourth-order valence-electron chi connectivity index (χ4n) is 19.9. The van der Waals surface area contributed by atoms with Crippen LogP contribution < -0.4 is 9.80 Å². The first-order chi connectivity index (χ1) is 60.5. The molecule has 1 aliphatic rings. The highest BCUT2D eigenvalue weighted by Gasteiger charge is 2.46. The van der Waals surface area contributed by atoms with Gasteiger partial charge in [-0.05, 0) is 237 Å². The van der Waals surface area contributed by atoms with E-state index in [1.54, 1.807) is 0 Å². The molecule has 0 spiro atoms. The van der Waals surface area contributed by atoms with Gasteiger partial charge in [0.15, 0.2) is 0 Å². The highest BCUT2D eigenvalue weighted by atomic mass is 16.3. The largest absolute Gasteiger partial charge is 0.456 e. The summed E-state index contributed by atoms with van der Waals surface area (Å²) in [5.41, 5.74) is 34.1. The SMILES string of the molecule is c1ccc(C2(c3ccccc3)c3ccccc3-c3ccc(-c4ccc(N(c5ccc(-c6cccc7c(-c8ccc9c(c8)oc8cccc(-c%10ccccc%10N(c%10ccc(-c%11ccc%12oc%13ccccc%13c%12c%11)cc%10)c%10ccc(-c%11cccc%12ccccc%11%12)cc%10)c89)cccc67)cc5)c5ccccc5-c5cccc6oc7ccccc7c56)cc4)cc32)cc1. The second kappa shape index (κ2) is 28.6. The van der Waals surface area contributed by atoms with E-state index in [2.05, 4.69) is 441 Å². The van der Waals surface area contributed by atoms with Crippen molar-refractivity contribution in [3.05, 3.63) is 471 Å². The summed E-state index contributed by atoms with van der Waals surface area (Å²) in [4.78, 5) is 4.82. The first-order valence-corrected chi connectivity index (χ1v) is 41.8. The van der Waals surface area contributed by atoms with Crippen LogP contribution >= 0.6 is 0 Å². The molecule has 0 saturated carbocycles. The lowest BCUT2D eigenvalue weighted by atomic mass is 9.67. The first kappa shape index (κ1) is 70.2. The van der Waals surface area contributed by atoms with Crippen molar-refractivity contribution in [2.75, 3.05) is 9.80 Å². The molecule has 5 heteroatoms. The van der Waals surface area contributed by atoms with Gasteiger partial charge < -0.3 is 23.1 Å². The van der Waals surface area contributed by atoms with Crippen LogP contribution in [0.5, 0.6) is 0 Å². The minimum atomic E-state index is -0.516. The molecule has 122 heavy (non-hydrogen) atoms. The van der Waals surface area contributed by atoms with E-state index in [1.165, 1.54) is 49.7 Å². The lowest BCUT2D eigenvalue weighted by Gasteiger charge is -2.34. The summed E-state index contributed by atoms with van der Waals surface area (Å²) in [5, 5.41) is 11.3. The number of hydrogen-bond donors (Lipinski definition) is 0. The number of anilines is 6. The maximum atomic E-state index is 7.05. The van der Waals surface area contributed by atoms with Crippen LogP contribution in [-0.4, -0.2) is 0 Å². The van der Waals surface area contributed by atoms with Crippen LogP contribution in [0, 0.1) is 0 Å². The van der Waals surface area contributed by atoms with Gasteiger partial charge in [-0.25, -0.2) is 0 Å². The molecule has 0 bridgehead atoms. The van der Waals surface area contributed by atoms with Crippen molar-refractivity contribution in [3.63, 3.8) is 0 Å². The Balaban J connectivity index is 0.583. The minimum absolute atomic E-state index is 0.516. The van der Waals surface area contributed by atoms with Crippen LogP contribution in [0.3, 0.4) is 0 Å². The zero-order chi connectivity index (χ0) is 80.4. The first-order valence-electron chi connectivity index (χ1n) is 41.8. The average Bonchev–Trinajstić information content (AvgIpc) is 1.53. The van der Waals surface area contributed by atoms with E-state index in [-0.39, 0.29) is 0 Å². The zero-order valence-corrected chi connectivity index (χ0v) is 66.3. The van der Waals surface area contributed by atoms with Crippen LogP contribution in [-0.2, 0) is 5.41 Å². The lowest BCUT2D eigenvalue weighted by molar-refractivity contribution is 0.668. The number of nitrogens with zero attached hydrogens (tertiary/aromatic N) is 2. The van der Waals surface area contributed by atoms with E-state index in [1.807, 2.05) is 18.2 Å². The van der Waals surface area contributed by atoms with Gasteiger partial charge in [0, 0.05) is 66.2 Å². The lowest BCUT2D eigenvalue weighted by Crippen LogP contribution is -2.28. The molecule has 0 N–H and O–H groups in total. The Bertz CT molecular complexity index is 8010. The summed E-state index contributed by atoms with van der Waals surface area (Å²) in [6.07, 6.45) is 0. The molecule has 3 heterocycles. The molecule has 23 aromatic rings. The van der Waals surface area contributed by atoms with Crippen molar-refractivity contribution in [2.45, 2.75) is 5.41 Å². The van der Waals surface area contributed by atoms with Crippen LogP contribution in [0.4, 0.5) is 34.1 Å². The highest BCUT2D eigenvalue weighted by Crippen LogP contribution is 2.58. The van der Waals surface area contributed by atoms with E-state index < -0.39 is 5.41 Å². The number of fused-ring (bicyclic) bond motifs is 14. The van der Waals surface area contributed by atoms with Gasteiger partial charge in [0.2, 0.25) is 0 Å². The summed E-state index contributed by atoms with van der Waals surface area (Å²) in [6.45, 7) is 0. The van der Waals surface area contributed by atoms with Gasteiger partial charge in [-0.2, -0.15) is 0 Å². The molecule has 0 saturated heterocycles. The second-order valence-corrected chi connectivity index (χ2v) is 32.0. The summed E-state index contributed by atoms with van der Waals surface area (Å²) in [7, 11) is 0. The highest BCUT2D eigenvalue weighted by molar-refractivity contribution is 6.17. The molecule has 0 unspecified atom stereocenters. The number of benzene rings is 20. The third-order valence-corrected chi connectivity index (χ3v) is 25.4. The van der Waals surface area contributed by atoms with Gasteiger partial charge in [-0.3, -0.25) is 0 Å².